The average molecular weight is 220 g/mol. The number of methoxy groups -OCH3 is 1. The highest BCUT2D eigenvalue weighted by Crippen LogP contribution is 2.32. The minimum atomic E-state index is 0.0246. The summed E-state index contributed by atoms with van der Waals surface area (Å²) in [5, 5.41) is 3.43. The van der Waals surface area contributed by atoms with Gasteiger partial charge in [-0.3, -0.25) is 4.79 Å². The Kier molecular flexibility index (Phi) is 2.24. The lowest BCUT2D eigenvalue weighted by atomic mass is 9.84. The zero-order valence-corrected chi connectivity index (χ0v) is 9.40. The van der Waals surface area contributed by atoms with Gasteiger partial charge in [0.25, 0.3) is 5.56 Å². The van der Waals surface area contributed by atoms with E-state index in [0.717, 1.165) is 25.3 Å². The van der Waals surface area contributed by atoms with Crippen molar-refractivity contribution >= 4 is 0 Å². The lowest BCUT2D eigenvalue weighted by Crippen LogP contribution is -2.44. The summed E-state index contributed by atoms with van der Waals surface area (Å²) in [5.41, 5.74) is 1.19. The predicted molar refractivity (Wildman–Crippen MR) is 61.0 cm³/mol. The van der Waals surface area contributed by atoms with E-state index in [2.05, 4.69) is 5.32 Å². The molecule has 0 spiro atoms. The normalized spacial score (nSPS) is 27.3. The van der Waals surface area contributed by atoms with Gasteiger partial charge in [-0.1, -0.05) is 0 Å². The summed E-state index contributed by atoms with van der Waals surface area (Å²) in [6, 6.07) is 3.83. The Labute approximate surface area is 94.2 Å². The summed E-state index contributed by atoms with van der Waals surface area (Å²) in [5.74, 6) is 1.54. The average Bonchev–Trinajstić information content (AvgIpc) is 2.31. The summed E-state index contributed by atoms with van der Waals surface area (Å²) in [6.45, 7) is 2.84. The number of piperidine rings is 1. The van der Waals surface area contributed by atoms with Crippen molar-refractivity contribution < 1.29 is 4.74 Å². The van der Waals surface area contributed by atoms with Crippen LogP contribution in [0.1, 0.15) is 18.0 Å². The fraction of sp³-hybridized carbons (Fsp3) is 0.583. The van der Waals surface area contributed by atoms with Crippen molar-refractivity contribution in [2.45, 2.75) is 18.9 Å². The number of nitrogens with zero attached hydrogens (tertiary/aromatic N) is 1. The number of rotatable bonds is 1. The number of hydrogen-bond acceptors (Lipinski definition) is 3. The maximum Gasteiger partial charge on any atom is 0.293 e. The Hall–Kier alpha value is -1.29. The van der Waals surface area contributed by atoms with Gasteiger partial charge < -0.3 is 14.6 Å². The molecule has 0 aromatic carbocycles. The Balaban J connectivity index is 2.13. The van der Waals surface area contributed by atoms with E-state index in [1.807, 2.05) is 10.6 Å². The summed E-state index contributed by atoms with van der Waals surface area (Å²) in [4.78, 5) is 12.1. The first kappa shape index (κ1) is 9.90. The lowest BCUT2D eigenvalue weighted by Gasteiger charge is -2.37. The molecule has 1 N–H and O–H groups in total. The maximum atomic E-state index is 12.1. The zero-order chi connectivity index (χ0) is 11.1. The number of nitrogens with one attached hydrogen (secondary N) is 1. The van der Waals surface area contributed by atoms with Crippen molar-refractivity contribution in [3.8, 4) is 5.75 Å². The smallest absolute Gasteiger partial charge is 0.293 e. The van der Waals surface area contributed by atoms with Crippen LogP contribution < -0.4 is 15.6 Å². The topological polar surface area (TPSA) is 43.3 Å². The fourth-order valence-corrected chi connectivity index (χ4v) is 2.93. The van der Waals surface area contributed by atoms with Crippen molar-refractivity contribution in [3.63, 3.8) is 0 Å². The summed E-state index contributed by atoms with van der Waals surface area (Å²) >= 11 is 0. The van der Waals surface area contributed by atoms with Crippen LogP contribution in [0.2, 0.25) is 0 Å². The number of pyridine rings is 1. The van der Waals surface area contributed by atoms with Crippen LogP contribution in [-0.4, -0.2) is 24.8 Å². The van der Waals surface area contributed by atoms with Crippen LogP contribution in [0.3, 0.4) is 0 Å². The van der Waals surface area contributed by atoms with E-state index < -0.39 is 0 Å². The third-order valence-electron chi connectivity index (χ3n) is 3.69. The maximum absolute atomic E-state index is 12.1. The lowest BCUT2D eigenvalue weighted by molar-refractivity contribution is 0.254. The van der Waals surface area contributed by atoms with Gasteiger partial charge in [0, 0.05) is 24.7 Å². The molecule has 0 radical (unpaired) electrons. The standard InChI is InChI=1S/C12H16N2O2/c1-16-11-3-2-10-9-4-8(5-13-6-9)7-14(10)12(11)15/h2-3,8-9,13H,4-7H2,1H3/t8-,9+/m0/s1. The highest BCUT2D eigenvalue weighted by molar-refractivity contribution is 5.25. The van der Waals surface area contributed by atoms with Crippen LogP contribution in [0.25, 0.3) is 0 Å². The van der Waals surface area contributed by atoms with E-state index in [1.165, 1.54) is 6.42 Å². The summed E-state index contributed by atoms with van der Waals surface area (Å²) in [6.07, 6.45) is 1.21. The zero-order valence-electron chi connectivity index (χ0n) is 9.40. The second-order valence-electron chi connectivity index (χ2n) is 4.70. The molecule has 4 heteroatoms. The van der Waals surface area contributed by atoms with Crippen molar-refractivity contribution in [3.05, 3.63) is 28.2 Å². The van der Waals surface area contributed by atoms with Gasteiger partial charge in [-0.2, -0.15) is 0 Å². The molecule has 4 nitrogen and oxygen atoms in total. The molecule has 3 rings (SSSR count). The van der Waals surface area contributed by atoms with Crippen LogP contribution in [-0.2, 0) is 6.54 Å². The van der Waals surface area contributed by atoms with Crippen LogP contribution in [0.5, 0.6) is 5.75 Å². The molecule has 86 valence electrons. The largest absolute Gasteiger partial charge is 0.491 e. The summed E-state index contributed by atoms with van der Waals surface area (Å²) < 4.78 is 6.99. The molecule has 0 unspecified atom stereocenters. The first-order chi connectivity index (χ1) is 7.79. The molecule has 0 amide bonds. The molecule has 1 aromatic rings. The highest BCUT2D eigenvalue weighted by Gasteiger charge is 2.31. The molecule has 2 bridgehead atoms. The molecular weight excluding hydrogens is 204 g/mol. The number of ether oxygens (including phenoxy) is 1. The second-order valence-corrected chi connectivity index (χ2v) is 4.70. The van der Waals surface area contributed by atoms with E-state index in [9.17, 15) is 4.79 Å². The van der Waals surface area contributed by atoms with Crippen LogP contribution >= 0.6 is 0 Å². The van der Waals surface area contributed by atoms with Gasteiger partial charge in [-0.15, -0.1) is 0 Å². The van der Waals surface area contributed by atoms with Crippen molar-refractivity contribution in [1.29, 1.82) is 0 Å². The van der Waals surface area contributed by atoms with E-state index in [4.69, 9.17) is 4.74 Å². The van der Waals surface area contributed by atoms with Gasteiger partial charge in [0.05, 0.1) is 7.11 Å². The predicted octanol–water partition coefficient (Wildman–Crippen LogP) is 0.564. The van der Waals surface area contributed by atoms with Gasteiger partial charge in [-0.25, -0.2) is 0 Å². The van der Waals surface area contributed by atoms with E-state index in [0.29, 0.717) is 17.6 Å². The minimum absolute atomic E-state index is 0.0246. The Morgan fingerprint density at radius 1 is 1.44 bits per heavy atom. The first-order valence-electron chi connectivity index (χ1n) is 5.78. The highest BCUT2D eigenvalue weighted by atomic mass is 16.5. The number of hydrogen-bond donors (Lipinski definition) is 1. The first-order valence-corrected chi connectivity index (χ1v) is 5.78. The van der Waals surface area contributed by atoms with E-state index in [1.54, 1.807) is 13.2 Å². The molecule has 16 heavy (non-hydrogen) atoms. The van der Waals surface area contributed by atoms with Crippen LogP contribution in [0, 0.1) is 5.92 Å². The molecule has 0 saturated carbocycles. The van der Waals surface area contributed by atoms with Crippen molar-refractivity contribution in [1.82, 2.24) is 9.88 Å². The molecule has 1 aromatic heterocycles. The molecule has 2 atom stereocenters. The molecule has 2 aliphatic heterocycles. The van der Waals surface area contributed by atoms with Crippen LogP contribution in [0.15, 0.2) is 16.9 Å². The molecule has 1 saturated heterocycles. The van der Waals surface area contributed by atoms with Gasteiger partial charge >= 0.3 is 0 Å². The Morgan fingerprint density at radius 3 is 3.12 bits per heavy atom. The molecule has 0 aliphatic carbocycles. The Morgan fingerprint density at radius 2 is 2.31 bits per heavy atom. The van der Waals surface area contributed by atoms with Gasteiger partial charge in [0.2, 0.25) is 0 Å². The monoisotopic (exact) mass is 220 g/mol. The number of aromatic nitrogens is 1. The minimum Gasteiger partial charge on any atom is -0.491 e. The quantitative estimate of drug-likeness (QED) is 0.752. The second kappa shape index (κ2) is 3.63. The molecular formula is C12H16N2O2. The SMILES string of the molecule is COc1ccc2n(c1=O)C[C@@H]1CNC[C@H]2C1. The molecule has 2 aliphatic rings. The molecule has 3 heterocycles. The molecule has 1 fully saturated rings. The fourth-order valence-electron chi connectivity index (χ4n) is 2.93. The third-order valence-corrected chi connectivity index (χ3v) is 3.69. The number of fused-ring (bicyclic) bond motifs is 4. The van der Waals surface area contributed by atoms with E-state index >= 15 is 0 Å². The van der Waals surface area contributed by atoms with Crippen molar-refractivity contribution in [2.24, 2.45) is 5.92 Å². The third kappa shape index (κ3) is 1.37. The van der Waals surface area contributed by atoms with Gasteiger partial charge in [-0.05, 0) is 31.0 Å². The van der Waals surface area contributed by atoms with Gasteiger partial charge in [0.1, 0.15) is 0 Å². The van der Waals surface area contributed by atoms with E-state index in [-0.39, 0.29) is 5.56 Å². The van der Waals surface area contributed by atoms with Gasteiger partial charge in [0.15, 0.2) is 5.75 Å². The van der Waals surface area contributed by atoms with Crippen molar-refractivity contribution in [2.75, 3.05) is 20.2 Å². The Bertz CT molecular complexity index is 467. The summed E-state index contributed by atoms with van der Waals surface area (Å²) in [7, 11) is 1.55. The van der Waals surface area contributed by atoms with Crippen LogP contribution in [0.4, 0.5) is 0 Å².